The van der Waals surface area contributed by atoms with Gasteiger partial charge in [0, 0.05) is 54.9 Å². The molecule has 0 aliphatic rings. The minimum absolute atomic E-state index is 0.0897. The molecule has 14 rings (SSSR count). The van der Waals surface area contributed by atoms with Crippen LogP contribution < -0.4 is 0 Å². The van der Waals surface area contributed by atoms with Gasteiger partial charge in [0.15, 0.2) is 34.9 Å². The summed E-state index contributed by atoms with van der Waals surface area (Å²) in [5, 5.41) is 3.90. The Kier molecular flexibility index (Phi) is 10.9. The third kappa shape index (κ3) is 7.89. The van der Waals surface area contributed by atoms with Crippen LogP contribution in [0.5, 0.6) is 0 Å². The number of rotatable bonds is 9. The van der Waals surface area contributed by atoms with E-state index in [0.717, 1.165) is 82.7 Å². The van der Waals surface area contributed by atoms with Crippen molar-refractivity contribution in [2.45, 2.75) is 6.92 Å². The van der Waals surface area contributed by atoms with Gasteiger partial charge in [-0.25, -0.2) is 38.7 Å². The van der Waals surface area contributed by atoms with Crippen LogP contribution in [0.15, 0.2) is 237 Å². The molecule has 0 unspecified atom stereocenters. The predicted octanol–water partition coefficient (Wildman–Crippen LogP) is 16.5. The topological polar surface area (TPSA) is 87.2 Å². The molecule has 364 valence electrons. The number of benzene rings is 10. The number of hydrogen-bond donors (Lipinski definition) is 0. The summed E-state index contributed by atoms with van der Waals surface area (Å²) < 4.78 is 36.7. The van der Waals surface area contributed by atoms with Crippen LogP contribution in [0.3, 0.4) is 0 Å². The zero-order valence-corrected chi connectivity index (χ0v) is 41.4. The average Bonchev–Trinajstić information content (AvgIpc) is 4.02. The van der Waals surface area contributed by atoms with Gasteiger partial charge in [-0.1, -0.05) is 164 Å². The summed E-state index contributed by atoms with van der Waals surface area (Å²) in [6, 6.07) is 76.9. The molecular formula is C67H42F2N8. The van der Waals surface area contributed by atoms with Gasteiger partial charge >= 0.3 is 0 Å². The molecule has 0 saturated heterocycles. The van der Waals surface area contributed by atoms with E-state index >= 15 is 8.78 Å². The number of fused-ring (bicyclic) bond motifs is 6. The second-order valence-corrected chi connectivity index (χ2v) is 19.0. The summed E-state index contributed by atoms with van der Waals surface area (Å²) in [6.45, 7) is 1.91. The van der Waals surface area contributed by atoms with E-state index in [1.165, 1.54) is 18.2 Å². The zero-order chi connectivity index (χ0) is 51.6. The van der Waals surface area contributed by atoms with Crippen LogP contribution in [0.25, 0.3) is 134 Å². The van der Waals surface area contributed by atoms with Gasteiger partial charge in [0.05, 0.1) is 39.0 Å². The average molecular weight is 997 g/mol. The van der Waals surface area contributed by atoms with E-state index in [0.29, 0.717) is 51.8 Å². The van der Waals surface area contributed by atoms with Crippen LogP contribution in [-0.2, 0) is 0 Å². The van der Waals surface area contributed by atoms with E-state index in [4.69, 9.17) is 29.9 Å². The number of aryl methyl sites for hydroxylation is 1. The molecule has 0 aliphatic heterocycles. The highest BCUT2D eigenvalue weighted by molar-refractivity contribution is 6.13. The molecule has 8 nitrogen and oxygen atoms in total. The number of para-hydroxylation sites is 2. The summed E-state index contributed by atoms with van der Waals surface area (Å²) in [6.07, 6.45) is 0. The molecule has 0 amide bonds. The van der Waals surface area contributed by atoms with Gasteiger partial charge in [-0.15, -0.1) is 0 Å². The highest BCUT2D eigenvalue weighted by Gasteiger charge is 2.25. The quantitative estimate of drug-likeness (QED) is 0.143. The molecule has 0 fully saturated rings. The second kappa shape index (κ2) is 18.6. The first kappa shape index (κ1) is 45.3. The third-order valence-electron chi connectivity index (χ3n) is 14.3. The molecule has 10 heteroatoms. The Morgan fingerprint density at radius 2 is 0.610 bits per heavy atom. The normalized spacial score (nSPS) is 11.6. The van der Waals surface area contributed by atoms with Crippen LogP contribution in [-0.4, -0.2) is 39.0 Å². The maximum atomic E-state index is 16.1. The number of halogens is 2. The van der Waals surface area contributed by atoms with Crippen molar-refractivity contribution in [1.82, 2.24) is 39.0 Å². The van der Waals surface area contributed by atoms with E-state index in [9.17, 15) is 0 Å². The molecule has 0 atom stereocenters. The van der Waals surface area contributed by atoms with Crippen LogP contribution in [0.1, 0.15) is 5.56 Å². The SMILES string of the molecule is Cc1cc(-n2c3ccccc3c3cc(-c4nc(-c5ccccc5)nc(-c5ccccc5)n4)ccc32)c(-n2c3ccccc3c3cc(-c4nc(-c5ccccc5)nc(-c5ccccc5)n4)ccc32)cc1-c1c(F)cccc1F. The van der Waals surface area contributed by atoms with Crippen molar-refractivity contribution in [2.24, 2.45) is 0 Å². The van der Waals surface area contributed by atoms with Gasteiger partial charge in [-0.2, -0.15) is 0 Å². The molecule has 10 aromatic carbocycles. The standard InChI is InChI=1S/C67H42F2N8/c1-41-37-59(76-55-31-16-14-27-48(55)51-38-46(33-35-57(51)76)66-72-62(42-19-6-2-7-20-42)70-63(73-66)43-21-8-3-9-22-43)60(40-50(41)61-53(68)29-18-30-54(61)69)77-56-32-17-15-28-49(56)52-39-47(34-36-58(52)77)67-74-64(44-23-10-4-11-24-44)71-65(75-67)45-25-12-5-13-26-45/h2-40H,1H3. The fourth-order valence-electron chi connectivity index (χ4n) is 10.7. The van der Waals surface area contributed by atoms with Gasteiger partial charge in [0.2, 0.25) is 0 Å². The lowest BCUT2D eigenvalue weighted by Crippen LogP contribution is -2.06. The molecule has 0 radical (unpaired) electrons. The van der Waals surface area contributed by atoms with Gasteiger partial charge in [-0.05, 0) is 90.8 Å². The Balaban J connectivity index is 1.00. The molecule has 0 N–H and O–H groups in total. The van der Waals surface area contributed by atoms with Crippen molar-refractivity contribution in [1.29, 1.82) is 0 Å². The van der Waals surface area contributed by atoms with Crippen molar-refractivity contribution in [2.75, 3.05) is 0 Å². The van der Waals surface area contributed by atoms with E-state index in [-0.39, 0.29) is 5.56 Å². The van der Waals surface area contributed by atoms with Crippen LogP contribution in [0.2, 0.25) is 0 Å². The first-order valence-corrected chi connectivity index (χ1v) is 25.3. The molecule has 4 heterocycles. The summed E-state index contributed by atoms with van der Waals surface area (Å²) in [4.78, 5) is 30.2. The van der Waals surface area contributed by atoms with Gasteiger partial charge in [-0.3, -0.25) is 0 Å². The molecule has 0 bridgehead atoms. The molecule has 4 aromatic heterocycles. The maximum Gasteiger partial charge on any atom is 0.164 e. The Bertz CT molecular complexity index is 4460. The maximum absolute atomic E-state index is 16.1. The summed E-state index contributed by atoms with van der Waals surface area (Å²) in [7, 11) is 0. The Morgan fingerprint density at radius 3 is 1.00 bits per heavy atom. The molecule has 14 aromatic rings. The van der Waals surface area contributed by atoms with Gasteiger partial charge in [0.25, 0.3) is 0 Å². The first-order chi connectivity index (χ1) is 37.9. The van der Waals surface area contributed by atoms with Crippen molar-refractivity contribution in [3.8, 4) is 90.8 Å². The summed E-state index contributed by atoms with van der Waals surface area (Å²) >= 11 is 0. The lowest BCUT2D eigenvalue weighted by molar-refractivity contribution is 0.589. The van der Waals surface area contributed by atoms with E-state index in [1.54, 1.807) is 0 Å². The fraction of sp³-hybridized carbons (Fsp3) is 0.0149. The molecule has 0 aliphatic carbocycles. The number of nitrogens with zero attached hydrogens (tertiary/aromatic N) is 8. The summed E-state index contributed by atoms with van der Waals surface area (Å²) in [5.74, 6) is 2.05. The Hall–Kier alpha value is -10.3. The van der Waals surface area contributed by atoms with E-state index in [2.05, 4.69) is 69.8 Å². The van der Waals surface area contributed by atoms with Crippen molar-refractivity contribution < 1.29 is 8.78 Å². The monoisotopic (exact) mass is 996 g/mol. The Morgan fingerprint density at radius 1 is 0.286 bits per heavy atom. The number of aromatic nitrogens is 8. The minimum atomic E-state index is -0.644. The predicted molar refractivity (Wildman–Crippen MR) is 305 cm³/mol. The lowest BCUT2D eigenvalue weighted by atomic mass is 9.97. The fourth-order valence-corrected chi connectivity index (χ4v) is 10.7. The van der Waals surface area contributed by atoms with Crippen molar-refractivity contribution in [3.63, 3.8) is 0 Å². The van der Waals surface area contributed by atoms with E-state index < -0.39 is 11.6 Å². The van der Waals surface area contributed by atoms with Gasteiger partial charge in [0.1, 0.15) is 11.6 Å². The highest BCUT2D eigenvalue weighted by atomic mass is 19.1. The molecule has 0 saturated carbocycles. The van der Waals surface area contributed by atoms with Crippen LogP contribution >= 0.6 is 0 Å². The third-order valence-corrected chi connectivity index (χ3v) is 14.3. The number of hydrogen-bond acceptors (Lipinski definition) is 6. The molecule has 77 heavy (non-hydrogen) atoms. The van der Waals surface area contributed by atoms with Gasteiger partial charge < -0.3 is 9.13 Å². The van der Waals surface area contributed by atoms with Crippen LogP contribution in [0.4, 0.5) is 8.78 Å². The van der Waals surface area contributed by atoms with Crippen molar-refractivity contribution in [3.05, 3.63) is 254 Å². The first-order valence-electron chi connectivity index (χ1n) is 25.3. The summed E-state index contributed by atoms with van der Waals surface area (Å²) in [5.41, 5.74) is 11.4. The Labute approximate surface area is 441 Å². The largest absolute Gasteiger partial charge is 0.307 e. The molecule has 0 spiro atoms. The lowest BCUT2D eigenvalue weighted by Gasteiger charge is -2.20. The van der Waals surface area contributed by atoms with E-state index in [1.807, 2.05) is 165 Å². The van der Waals surface area contributed by atoms with Crippen molar-refractivity contribution >= 4 is 43.6 Å². The second-order valence-electron chi connectivity index (χ2n) is 19.0. The highest BCUT2D eigenvalue weighted by Crippen LogP contribution is 2.43. The smallest absolute Gasteiger partial charge is 0.164 e. The molecular weight excluding hydrogens is 955 g/mol. The minimum Gasteiger partial charge on any atom is -0.307 e. The van der Waals surface area contributed by atoms with Crippen LogP contribution in [0, 0.1) is 18.6 Å². The zero-order valence-electron chi connectivity index (χ0n) is 41.4.